The predicted octanol–water partition coefficient (Wildman–Crippen LogP) is 3.12. The second-order valence-electron chi connectivity index (χ2n) is 3.90. The Morgan fingerprint density at radius 1 is 1.05 bits per heavy atom. The highest BCUT2D eigenvalue weighted by molar-refractivity contribution is 7.90. The quantitative estimate of drug-likeness (QED) is 0.646. The highest BCUT2D eigenvalue weighted by atomic mass is 35.5. The Hall–Kier alpha value is -1.85. The maximum Gasteiger partial charge on any atom is 0.285 e. The van der Waals surface area contributed by atoms with Gasteiger partial charge >= 0.3 is 0 Å². The van der Waals surface area contributed by atoms with Crippen LogP contribution in [0.3, 0.4) is 0 Å². The molecule has 0 fully saturated rings. The molecule has 0 aliphatic heterocycles. The number of methoxy groups -OCH3 is 1. The van der Waals surface area contributed by atoms with Crippen molar-refractivity contribution < 1.29 is 13.2 Å². The van der Waals surface area contributed by atoms with Gasteiger partial charge in [0.15, 0.2) is 0 Å². The van der Waals surface area contributed by atoms with Crippen LogP contribution in [-0.2, 0) is 14.8 Å². The zero-order valence-corrected chi connectivity index (χ0v) is 12.2. The second-order valence-corrected chi connectivity index (χ2v) is 5.94. The molecule has 6 heteroatoms. The van der Waals surface area contributed by atoms with E-state index in [2.05, 4.69) is 4.40 Å². The Morgan fingerprint density at radius 3 is 2.20 bits per heavy atom. The van der Waals surface area contributed by atoms with Gasteiger partial charge in [0.25, 0.3) is 10.0 Å². The largest absolute Gasteiger partial charge is 0.480 e. The summed E-state index contributed by atoms with van der Waals surface area (Å²) in [7, 11) is -2.45. The Balaban J connectivity index is 2.43. The average molecular weight is 310 g/mol. The van der Waals surface area contributed by atoms with Crippen molar-refractivity contribution in [2.75, 3.05) is 7.11 Å². The van der Waals surface area contributed by atoms with E-state index in [1.54, 1.807) is 24.3 Å². The predicted molar refractivity (Wildman–Crippen MR) is 78.6 cm³/mol. The number of benzene rings is 2. The van der Waals surface area contributed by atoms with E-state index in [0.29, 0.717) is 10.6 Å². The summed E-state index contributed by atoms with van der Waals surface area (Å²) in [6.45, 7) is 0. The highest BCUT2D eigenvalue weighted by Crippen LogP contribution is 2.17. The summed E-state index contributed by atoms with van der Waals surface area (Å²) in [5, 5.41) is 0.461. The van der Waals surface area contributed by atoms with E-state index >= 15 is 0 Å². The molecule has 0 bridgehead atoms. The molecule has 0 heterocycles. The maximum absolute atomic E-state index is 12.2. The SMILES string of the molecule is COC(=NS(=O)(=O)c1ccc(Cl)cc1)c1ccccc1. The molecule has 0 saturated carbocycles. The first-order valence-electron chi connectivity index (χ1n) is 5.73. The van der Waals surface area contributed by atoms with Gasteiger partial charge in [-0.25, -0.2) is 0 Å². The average Bonchev–Trinajstić information content (AvgIpc) is 2.46. The fourth-order valence-corrected chi connectivity index (χ4v) is 2.67. The zero-order valence-electron chi connectivity index (χ0n) is 10.7. The van der Waals surface area contributed by atoms with Gasteiger partial charge in [0, 0.05) is 10.6 Å². The number of halogens is 1. The summed E-state index contributed by atoms with van der Waals surface area (Å²) >= 11 is 5.74. The number of rotatable bonds is 3. The van der Waals surface area contributed by atoms with Crippen LogP contribution < -0.4 is 0 Å². The molecule has 4 nitrogen and oxygen atoms in total. The van der Waals surface area contributed by atoms with Gasteiger partial charge in [0.1, 0.15) is 0 Å². The van der Waals surface area contributed by atoms with Crippen LogP contribution in [0.1, 0.15) is 5.56 Å². The zero-order chi connectivity index (χ0) is 14.6. The van der Waals surface area contributed by atoms with Crippen molar-refractivity contribution in [3.63, 3.8) is 0 Å². The molecule has 104 valence electrons. The second kappa shape index (κ2) is 6.07. The summed E-state index contributed by atoms with van der Waals surface area (Å²) in [6.07, 6.45) is 0. The van der Waals surface area contributed by atoms with Crippen molar-refractivity contribution in [2.24, 2.45) is 4.40 Å². The van der Waals surface area contributed by atoms with Gasteiger partial charge in [-0.05, 0) is 36.4 Å². The number of ether oxygens (including phenoxy) is 1. The number of hydrogen-bond donors (Lipinski definition) is 0. The maximum atomic E-state index is 12.2. The summed E-state index contributed by atoms with van der Waals surface area (Å²) in [5.74, 6) is 0.0422. The standard InChI is InChI=1S/C14H12ClNO3S/c1-19-14(11-5-3-2-4-6-11)16-20(17,18)13-9-7-12(15)8-10-13/h2-10H,1H3. The minimum Gasteiger partial charge on any atom is -0.480 e. The van der Waals surface area contributed by atoms with Crippen molar-refractivity contribution in [1.29, 1.82) is 0 Å². The van der Waals surface area contributed by atoms with Crippen LogP contribution >= 0.6 is 11.6 Å². The van der Waals surface area contributed by atoms with Crippen LogP contribution in [-0.4, -0.2) is 21.4 Å². The highest BCUT2D eigenvalue weighted by Gasteiger charge is 2.15. The van der Waals surface area contributed by atoms with E-state index in [4.69, 9.17) is 16.3 Å². The van der Waals surface area contributed by atoms with E-state index < -0.39 is 10.0 Å². The van der Waals surface area contributed by atoms with Crippen molar-refractivity contribution in [1.82, 2.24) is 0 Å². The molecule has 20 heavy (non-hydrogen) atoms. The molecule has 0 N–H and O–H groups in total. The summed E-state index contributed by atoms with van der Waals surface area (Å²) in [5.41, 5.74) is 0.590. The lowest BCUT2D eigenvalue weighted by molar-refractivity contribution is 0.405. The van der Waals surface area contributed by atoms with E-state index in [1.165, 1.54) is 31.4 Å². The smallest absolute Gasteiger partial charge is 0.285 e. The Labute approximate surface area is 122 Å². The molecule has 0 saturated heterocycles. The van der Waals surface area contributed by atoms with Crippen molar-refractivity contribution >= 4 is 27.5 Å². The van der Waals surface area contributed by atoms with Crippen molar-refractivity contribution in [3.05, 3.63) is 65.2 Å². The number of hydrogen-bond acceptors (Lipinski definition) is 3. The van der Waals surface area contributed by atoms with Crippen LogP contribution in [0.15, 0.2) is 63.9 Å². The van der Waals surface area contributed by atoms with Crippen LogP contribution in [0, 0.1) is 0 Å². The van der Waals surface area contributed by atoms with E-state index in [-0.39, 0.29) is 10.8 Å². The number of sulfonamides is 1. The molecule has 0 aromatic heterocycles. The molecule has 0 spiro atoms. The van der Waals surface area contributed by atoms with Crippen molar-refractivity contribution in [2.45, 2.75) is 4.90 Å². The van der Waals surface area contributed by atoms with Crippen LogP contribution in [0.25, 0.3) is 0 Å². The van der Waals surface area contributed by atoms with Gasteiger partial charge in [-0.15, -0.1) is 4.40 Å². The monoisotopic (exact) mass is 309 g/mol. The molecule has 0 unspecified atom stereocenters. The molecule has 0 aliphatic rings. The van der Waals surface area contributed by atoms with Crippen molar-refractivity contribution in [3.8, 4) is 0 Å². The summed E-state index contributed by atoms with van der Waals surface area (Å²) in [6, 6.07) is 14.6. The van der Waals surface area contributed by atoms with Gasteiger partial charge in [-0.3, -0.25) is 0 Å². The third kappa shape index (κ3) is 3.37. The normalized spacial score (nSPS) is 12.2. The van der Waals surface area contributed by atoms with Gasteiger partial charge in [0.2, 0.25) is 5.90 Å². The Kier molecular flexibility index (Phi) is 4.42. The first kappa shape index (κ1) is 14.6. The van der Waals surface area contributed by atoms with Gasteiger partial charge in [0.05, 0.1) is 12.0 Å². The summed E-state index contributed by atoms with van der Waals surface area (Å²) < 4.78 is 33.1. The van der Waals surface area contributed by atoms with Crippen LogP contribution in [0.5, 0.6) is 0 Å². The molecule has 2 aromatic rings. The third-order valence-corrected chi connectivity index (χ3v) is 4.05. The Bertz CT molecular complexity index is 710. The molecular formula is C14H12ClNO3S. The first-order chi connectivity index (χ1) is 9.53. The first-order valence-corrected chi connectivity index (χ1v) is 7.55. The molecule has 0 aliphatic carbocycles. The lowest BCUT2D eigenvalue weighted by atomic mass is 10.2. The van der Waals surface area contributed by atoms with Gasteiger partial charge in [-0.2, -0.15) is 8.42 Å². The molecule has 2 rings (SSSR count). The van der Waals surface area contributed by atoms with Crippen LogP contribution in [0.4, 0.5) is 0 Å². The minimum absolute atomic E-state index is 0.0422. The minimum atomic E-state index is -3.83. The lowest BCUT2D eigenvalue weighted by Gasteiger charge is -2.05. The molecule has 0 atom stereocenters. The Morgan fingerprint density at radius 2 is 1.65 bits per heavy atom. The number of nitrogens with zero attached hydrogens (tertiary/aromatic N) is 1. The molecule has 0 amide bonds. The van der Waals surface area contributed by atoms with E-state index in [0.717, 1.165) is 0 Å². The fraction of sp³-hybridized carbons (Fsp3) is 0.0714. The topological polar surface area (TPSA) is 55.7 Å². The van der Waals surface area contributed by atoms with E-state index in [9.17, 15) is 8.42 Å². The lowest BCUT2D eigenvalue weighted by Crippen LogP contribution is -2.08. The van der Waals surface area contributed by atoms with E-state index in [1.807, 2.05) is 6.07 Å². The van der Waals surface area contributed by atoms with Gasteiger partial charge < -0.3 is 4.74 Å². The molecular weight excluding hydrogens is 298 g/mol. The fourth-order valence-electron chi connectivity index (χ4n) is 1.56. The van der Waals surface area contributed by atoms with Crippen LogP contribution in [0.2, 0.25) is 5.02 Å². The third-order valence-electron chi connectivity index (χ3n) is 2.53. The molecule has 2 aromatic carbocycles. The van der Waals surface area contributed by atoms with Gasteiger partial charge in [-0.1, -0.05) is 29.8 Å². The molecule has 0 radical (unpaired) electrons. The summed E-state index contributed by atoms with van der Waals surface area (Å²) in [4.78, 5) is 0.0624.